The number of nitrogens with one attached hydrogen (secondary N) is 1. The van der Waals surface area contributed by atoms with Crippen LogP contribution in [0.3, 0.4) is 0 Å². The normalized spacial score (nSPS) is 10.7. The average Bonchev–Trinajstić information content (AvgIpc) is 2.90. The molecule has 7 heteroatoms. The number of anilines is 1. The van der Waals surface area contributed by atoms with Crippen molar-refractivity contribution < 1.29 is 4.79 Å². The minimum Gasteiger partial charge on any atom is -0.398 e. The number of hydrogen-bond donors (Lipinski definition) is 2. The highest BCUT2D eigenvalue weighted by Gasteiger charge is 2.11. The largest absolute Gasteiger partial charge is 0.398 e. The van der Waals surface area contributed by atoms with Crippen LogP contribution in [-0.4, -0.2) is 25.7 Å². The van der Waals surface area contributed by atoms with Gasteiger partial charge in [-0.3, -0.25) is 4.79 Å². The van der Waals surface area contributed by atoms with E-state index in [0.717, 1.165) is 5.39 Å². The Bertz CT molecular complexity index is 810. The molecule has 1 amide bonds. The first-order valence-corrected chi connectivity index (χ1v) is 6.41. The molecule has 0 saturated carbocycles. The van der Waals surface area contributed by atoms with E-state index in [1.165, 1.54) is 0 Å². The van der Waals surface area contributed by atoms with Crippen LogP contribution in [-0.2, 0) is 13.6 Å². The molecule has 3 aromatic rings. The van der Waals surface area contributed by atoms with Gasteiger partial charge in [0.25, 0.3) is 5.91 Å². The Morgan fingerprint density at radius 2 is 2.19 bits per heavy atom. The Labute approximate surface area is 120 Å². The van der Waals surface area contributed by atoms with Gasteiger partial charge in [-0.15, -0.1) is 10.2 Å². The number of para-hydroxylation sites is 1. The van der Waals surface area contributed by atoms with Crippen LogP contribution in [0.4, 0.5) is 5.69 Å². The fourth-order valence-corrected chi connectivity index (χ4v) is 2.04. The quantitative estimate of drug-likeness (QED) is 0.743. The second kappa shape index (κ2) is 5.20. The predicted molar refractivity (Wildman–Crippen MR) is 78.3 cm³/mol. The van der Waals surface area contributed by atoms with E-state index in [9.17, 15) is 4.79 Å². The molecule has 21 heavy (non-hydrogen) atoms. The smallest absolute Gasteiger partial charge is 0.270 e. The summed E-state index contributed by atoms with van der Waals surface area (Å²) in [5.41, 5.74) is 7.48. The van der Waals surface area contributed by atoms with Crippen LogP contribution in [0.1, 0.15) is 16.3 Å². The topological polar surface area (TPSA) is 98.7 Å². The Morgan fingerprint density at radius 1 is 1.38 bits per heavy atom. The number of aromatic nitrogens is 4. The molecule has 0 aliphatic carbocycles. The molecule has 0 fully saturated rings. The van der Waals surface area contributed by atoms with Crippen LogP contribution in [0.25, 0.3) is 10.9 Å². The van der Waals surface area contributed by atoms with Crippen LogP contribution in [0.15, 0.2) is 36.7 Å². The summed E-state index contributed by atoms with van der Waals surface area (Å²) in [6.07, 6.45) is 1.58. The lowest BCUT2D eigenvalue weighted by Crippen LogP contribution is -2.25. The second-order valence-electron chi connectivity index (χ2n) is 4.65. The maximum atomic E-state index is 12.2. The van der Waals surface area contributed by atoms with Crippen LogP contribution in [0.2, 0.25) is 0 Å². The average molecular weight is 282 g/mol. The summed E-state index contributed by atoms with van der Waals surface area (Å²) in [5, 5.41) is 11.2. The summed E-state index contributed by atoms with van der Waals surface area (Å²) < 4.78 is 1.74. The summed E-state index contributed by atoms with van der Waals surface area (Å²) in [6.45, 7) is 0.281. The minimum atomic E-state index is -0.296. The van der Waals surface area contributed by atoms with Crippen molar-refractivity contribution in [3.05, 3.63) is 48.2 Å². The number of carbonyl (C=O) groups excluding carboxylic acids is 1. The maximum Gasteiger partial charge on any atom is 0.270 e. The molecule has 0 unspecified atom stereocenters. The van der Waals surface area contributed by atoms with E-state index < -0.39 is 0 Å². The highest BCUT2D eigenvalue weighted by atomic mass is 16.1. The van der Waals surface area contributed by atoms with Gasteiger partial charge in [0.05, 0.1) is 12.1 Å². The van der Waals surface area contributed by atoms with Crippen LogP contribution in [0.5, 0.6) is 0 Å². The third-order valence-electron chi connectivity index (χ3n) is 3.19. The van der Waals surface area contributed by atoms with Gasteiger partial charge in [-0.05, 0) is 12.1 Å². The molecule has 106 valence electrons. The first-order chi connectivity index (χ1) is 10.1. The first-order valence-electron chi connectivity index (χ1n) is 6.41. The molecule has 7 nitrogen and oxygen atoms in total. The number of aryl methyl sites for hydroxylation is 1. The molecule has 3 N–H and O–H groups in total. The zero-order valence-electron chi connectivity index (χ0n) is 11.4. The molecule has 0 radical (unpaired) electrons. The highest BCUT2D eigenvalue weighted by molar-refractivity contribution is 5.99. The number of carbonyl (C=O) groups is 1. The molecular weight excluding hydrogens is 268 g/mol. The maximum absolute atomic E-state index is 12.2. The van der Waals surface area contributed by atoms with E-state index in [0.29, 0.717) is 17.0 Å². The molecule has 3 rings (SSSR count). The van der Waals surface area contributed by atoms with Gasteiger partial charge in [0.1, 0.15) is 12.0 Å². The van der Waals surface area contributed by atoms with Crippen molar-refractivity contribution in [3.63, 3.8) is 0 Å². The van der Waals surface area contributed by atoms with E-state index in [1.807, 2.05) is 31.3 Å². The van der Waals surface area contributed by atoms with Crippen LogP contribution >= 0.6 is 0 Å². The van der Waals surface area contributed by atoms with Crippen molar-refractivity contribution in [2.45, 2.75) is 6.54 Å². The molecule has 2 heterocycles. The molecule has 0 aliphatic rings. The van der Waals surface area contributed by atoms with E-state index in [1.54, 1.807) is 17.0 Å². The Balaban J connectivity index is 1.83. The van der Waals surface area contributed by atoms with E-state index in [-0.39, 0.29) is 18.1 Å². The molecular formula is C14H14N6O. The van der Waals surface area contributed by atoms with Crippen molar-refractivity contribution >= 4 is 22.5 Å². The fourth-order valence-electron chi connectivity index (χ4n) is 2.04. The predicted octanol–water partition coefficient (Wildman–Crippen LogP) is 0.875. The molecule has 0 saturated heterocycles. The Hall–Kier alpha value is -2.96. The summed E-state index contributed by atoms with van der Waals surface area (Å²) >= 11 is 0. The number of hydrogen-bond acceptors (Lipinski definition) is 5. The van der Waals surface area contributed by atoms with Gasteiger partial charge in [0, 0.05) is 18.1 Å². The highest BCUT2D eigenvalue weighted by Crippen LogP contribution is 2.19. The van der Waals surface area contributed by atoms with E-state index in [4.69, 9.17) is 5.73 Å². The van der Waals surface area contributed by atoms with Crippen molar-refractivity contribution in [2.75, 3.05) is 5.73 Å². The number of nitrogens with two attached hydrogens (primary N) is 1. The van der Waals surface area contributed by atoms with Crippen molar-refractivity contribution in [2.24, 2.45) is 7.05 Å². The molecule has 0 aliphatic heterocycles. The standard InChI is InChI=1S/C14H14N6O/c1-20-8-17-19-13(20)7-16-14(21)12-6-10(15)9-4-2-3-5-11(9)18-12/h2-6,8H,7H2,1H3,(H2,15,18)(H,16,21). The number of nitrogen functional groups attached to an aromatic ring is 1. The van der Waals surface area contributed by atoms with Crippen LogP contribution in [0, 0.1) is 0 Å². The summed E-state index contributed by atoms with van der Waals surface area (Å²) in [5.74, 6) is 0.368. The van der Waals surface area contributed by atoms with Gasteiger partial charge < -0.3 is 15.6 Å². The second-order valence-corrected chi connectivity index (χ2v) is 4.65. The number of benzene rings is 1. The van der Waals surface area contributed by atoms with Gasteiger partial charge in [-0.25, -0.2) is 4.98 Å². The number of pyridine rings is 1. The minimum absolute atomic E-state index is 0.281. The number of fused-ring (bicyclic) bond motifs is 1. The number of nitrogens with zero attached hydrogens (tertiary/aromatic N) is 4. The van der Waals surface area contributed by atoms with Crippen LogP contribution < -0.4 is 11.1 Å². The molecule has 0 atom stereocenters. The Morgan fingerprint density at radius 3 is 2.95 bits per heavy atom. The summed E-state index contributed by atoms with van der Waals surface area (Å²) in [4.78, 5) is 16.5. The van der Waals surface area contributed by atoms with Gasteiger partial charge in [-0.1, -0.05) is 18.2 Å². The third-order valence-corrected chi connectivity index (χ3v) is 3.19. The lowest BCUT2D eigenvalue weighted by Gasteiger charge is -2.07. The monoisotopic (exact) mass is 282 g/mol. The fraction of sp³-hybridized carbons (Fsp3) is 0.143. The zero-order chi connectivity index (χ0) is 14.8. The third kappa shape index (κ3) is 2.53. The van der Waals surface area contributed by atoms with Crippen molar-refractivity contribution in [1.82, 2.24) is 25.1 Å². The van der Waals surface area contributed by atoms with Crippen molar-refractivity contribution in [1.29, 1.82) is 0 Å². The lowest BCUT2D eigenvalue weighted by molar-refractivity contribution is 0.0945. The van der Waals surface area contributed by atoms with Gasteiger partial charge in [0.2, 0.25) is 0 Å². The number of rotatable bonds is 3. The van der Waals surface area contributed by atoms with E-state index in [2.05, 4.69) is 20.5 Å². The molecule has 1 aromatic carbocycles. The lowest BCUT2D eigenvalue weighted by atomic mass is 10.1. The zero-order valence-corrected chi connectivity index (χ0v) is 11.4. The molecule has 2 aromatic heterocycles. The number of amides is 1. The SMILES string of the molecule is Cn1cnnc1CNC(=O)c1cc(N)c2ccccc2n1. The van der Waals surface area contributed by atoms with Gasteiger partial charge >= 0.3 is 0 Å². The van der Waals surface area contributed by atoms with E-state index >= 15 is 0 Å². The Kier molecular flexibility index (Phi) is 3.23. The first kappa shape index (κ1) is 13.0. The molecule has 0 bridgehead atoms. The molecule has 0 spiro atoms. The van der Waals surface area contributed by atoms with Gasteiger partial charge in [0.15, 0.2) is 5.82 Å². The summed E-state index contributed by atoms with van der Waals surface area (Å²) in [7, 11) is 1.81. The van der Waals surface area contributed by atoms with Gasteiger partial charge in [-0.2, -0.15) is 0 Å². The summed E-state index contributed by atoms with van der Waals surface area (Å²) in [6, 6.07) is 9.02. The van der Waals surface area contributed by atoms with Crippen molar-refractivity contribution in [3.8, 4) is 0 Å².